The molecule has 7 heteroatoms. The molecule has 0 bridgehead atoms. The van der Waals surface area contributed by atoms with Gasteiger partial charge in [-0.1, -0.05) is 0 Å². The van der Waals surface area contributed by atoms with Gasteiger partial charge < -0.3 is 5.32 Å². The average Bonchev–Trinajstić information content (AvgIpc) is 2.39. The van der Waals surface area contributed by atoms with Crippen LogP contribution in [0.5, 0.6) is 0 Å². The van der Waals surface area contributed by atoms with Gasteiger partial charge in [0.1, 0.15) is 5.82 Å². The molecule has 0 spiro atoms. The van der Waals surface area contributed by atoms with Crippen molar-refractivity contribution in [3.05, 3.63) is 40.3 Å². The highest BCUT2D eigenvalue weighted by Crippen LogP contribution is 2.20. The van der Waals surface area contributed by atoms with Crippen molar-refractivity contribution in [3.63, 3.8) is 0 Å². The van der Waals surface area contributed by atoms with Gasteiger partial charge in [-0.3, -0.25) is 10.4 Å². The molecule has 2 aromatic heterocycles. The molecule has 2 aromatic rings. The number of halogens is 1. The standard InChI is InChI=1S/C11H13BrN6/c1-7-4-14-3-2-8(7)5-15-10-9(12)6-16-11(17-10)18-13/h2-4,6H,5,13H2,1H3,(H2,15,16,17,18). The highest BCUT2D eigenvalue weighted by molar-refractivity contribution is 9.10. The monoisotopic (exact) mass is 308 g/mol. The fourth-order valence-corrected chi connectivity index (χ4v) is 1.77. The fourth-order valence-electron chi connectivity index (χ4n) is 1.44. The minimum atomic E-state index is 0.368. The number of nitrogens with two attached hydrogens (primary N) is 1. The predicted octanol–water partition coefficient (Wildman–Crippen LogP) is 1.84. The molecule has 0 amide bonds. The summed E-state index contributed by atoms with van der Waals surface area (Å²) in [6, 6.07) is 1.97. The van der Waals surface area contributed by atoms with Gasteiger partial charge in [0.25, 0.3) is 0 Å². The summed E-state index contributed by atoms with van der Waals surface area (Å²) >= 11 is 3.38. The molecular formula is C11H13BrN6. The Morgan fingerprint density at radius 2 is 2.22 bits per heavy atom. The fraction of sp³-hybridized carbons (Fsp3) is 0.182. The second-order valence-electron chi connectivity index (χ2n) is 3.69. The molecule has 0 aromatic carbocycles. The van der Waals surface area contributed by atoms with E-state index in [1.165, 1.54) is 0 Å². The maximum Gasteiger partial charge on any atom is 0.239 e. The van der Waals surface area contributed by atoms with Gasteiger partial charge in [0, 0.05) is 25.1 Å². The summed E-state index contributed by atoms with van der Waals surface area (Å²) in [5.41, 5.74) is 4.71. The lowest BCUT2D eigenvalue weighted by molar-refractivity contribution is 1.04. The van der Waals surface area contributed by atoms with Crippen molar-refractivity contribution in [2.24, 2.45) is 5.84 Å². The van der Waals surface area contributed by atoms with Gasteiger partial charge in [-0.15, -0.1) is 0 Å². The summed E-state index contributed by atoms with van der Waals surface area (Å²) in [5.74, 6) is 6.33. The topological polar surface area (TPSA) is 88.8 Å². The van der Waals surface area contributed by atoms with E-state index in [-0.39, 0.29) is 0 Å². The second kappa shape index (κ2) is 5.74. The Morgan fingerprint density at radius 3 is 2.94 bits per heavy atom. The van der Waals surface area contributed by atoms with E-state index in [1.807, 2.05) is 19.2 Å². The minimum Gasteiger partial charge on any atom is -0.365 e. The Morgan fingerprint density at radius 1 is 1.39 bits per heavy atom. The zero-order valence-corrected chi connectivity index (χ0v) is 11.4. The third-order valence-corrected chi connectivity index (χ3v) is 3.04. The summed E-state index contributed by atoms with van der Waals surface area (Å²) in [6.07, 6.45) is 5.24. The van der Waals surface area contributed by atoms with Crippen molar-refractivity contribution in [1.29, 1.82) is 0 Å². The number of hydrazine groups is 1. The molecule has 18 heavy (non-hydrogen) atoms. The summed E-state index contributed by atoms with van der Waals surface area (Å²) in [5, 5.41) is 3.22. The number of rotatable bonds is 4. The number of nitrogen functional groups attached to an aromatic ring is 1. The van der Waals surface area contributed by atoms with E-state index < -0.39 is 0 Å². The maximum atomic E-state index is 5.27. The number of anilines is 2. The van der Waals surface area contributed by atoms with Crippen molar-refractivity contribution in [2.75, 3.05) is 10.7 Å². The van der Waals surface area contributed by atoms with Crippen LogP contribution in [0.2, 0.25) is 0 Å². The number of nitrogens with zero attached hydrogens (tertiary/aromatic N) is 3. The van der Waals surface area contributed by atoms with Gasteiger partial charge in [-0.25, -0.2) is 10.8 Å². The van der Waals surface area contributed by atoms with Gasteiger partial charge in [-0.2, -0.15) is 4.98 Å². The lowest BCUT2D eigenvalue weighted by Gasteiger charge is -2.10. The van der Waals surface area contributed by atoms with Crippen LogP contribution in [-0.4, -0.2) is 15.0 Å². The molecule has 2 rings (SSSR count). The molecule has 0 aliphatic rings. The molecule has 0 fully saturated rings. The molecule has 94 valence electrons. The highest BCUT2D eigenvalue weighted by atomic mass is 79.9. The second-order valence-corrected chi connectivity index (χ2v) is 4.54. The highest BCUT2D eigenvalue weighted by Gasteiger charge is 2.05. The van der Waals surface area contributed by atoms with Crippen LogP contribution in [0.4, 0.5) is 11.8 Å². The van der Waals surface area contributed by atoms with Gasteiger partial charge in [0.15, 0.2) is 0 Å². The van der Waals surface area contributed by atoms with E-state index in [9.17, 15) is 0 Å². The van der Waals surface area contributed by atoms with E-state index in [1.54, 1.807) is 12.4 Å². The summed E-state index contributed by atoms with van der Waals surface area (Å²) in [7, 11) is 0. The minimum absolute atomic E-state index is 0.368. The van der Waals surface area contributed by atoms with Crippen molar-refractivity contribution in [3.8, 4) is 0 Å². The number of pyridine rings is 1. The van der Waals surface area contributed by atoms with Crippen LogP contribution in [0.1, 0.15) is 11.1 Å². The van der Waals surface area contributed by atoms with E-state index >= 15 is 0 Å². The van der Waals surface area contributed by atoms with Crippen LogP contribution < -0.4 is 16.6 Å². The quantitative estimate of drug-likeness (QED) is 0.590. The lowest BCUT2D eigenvalue weighted by Crippen LogP contribution is -2.12. The van der Waals surface area contributed by atoms with Gasteiger partial charge >= 0.3 is 0 Å². The van der Waals surface area contributed by atoms with E-state index in [0.29, 0.717) is 18.3 Å². The summed E-state index contributed by atoms with van der Waals surface area (Å²) in [4.78, 5) is 12.3. The molecule has 4 N–H and O–H groups in total. The Bertz CT molecular complexity index is 545. The first-order valence-electron chi connectivity index (χ1n) is 5.33. The summed E-state index contributed by atoms with van der Waals surface area (Å²) in [6.45, 7) is 2.68. The zero-order valence-electron chi connectivity index (χ0n) is 9.81. The molecule has 6 nitrogen and oxygen atoms in total. The number of nitrogens with one attached hydrogen (secondary N) is 2. The van der Waals surface area contributed by atoms with E-state index in [0.717, 1.165) is 15.6 Å². The molecular weight excluding hydrogens is 296 g/mol. The number of aryl methyl sites for hydroxylation is 1. The van der Waals surface area contributed by atoms with Crippen LogP contribution in [0.3, 0.4) is 0 Å². The van der Waals surface area contributed by atoms with Crippen molar-refractivity contribution < 1.29 is 0 Å². The number of hydrogen-bond acceptors (Lipinski definition) is 6. The molecule has 0 aliphatic carbocycles. The Balaban J connectivity index is 2.13. The first kappa shape index (κ1) is 12.7. The van der Waals surface area contributed by atoms with E-state index in [2.05, 4.69) is 41.6 Å². The van der Waals surface area contributed by atoms with Crippen molar-refractivity contribution in [1.82, 2.24) is 15.0 Å². The van der Waals surface area contributed by atoms with Gasteiger partial charge in [0.05, 0.1) is 4.47 Å². The van der Waals surface area contributed by atoms with Gasteiger partial charge in [-0.05, 0) is 40.0 Å². The van der Waals surface area contributed by atoms with Crippen LogP contribution in [0.15, 0.2) is 29.1 Å². The van der Waals surface area contributed by atoms with Crippen LogP contribution in [0.25, 0.3) is 0 Å². The Hall–Kier alpha value is -1.73. The number of hydrogen-bond donors (Lipinski definition) is 3. The molecule has 0 saturated heterocycles. The van der Waals surface area contributed by atoms with Gasteiger partial charge in [0.2, 0.25) is 5.95 Å². The number of aromatic nitrogens is 3. The molecule has 0 atom stereocenters. The first-order chi connectivity index (χ1) is 8.70. The Labute approximate surface area is 113 Å². The van der Waals surface area contributed by atoms with Crippen LogP contribution in [0, 0.1) is 6.92 Å². The van der Waals surface area contributed by atoms with Crippen molar-refractivity contribution in [2.45, 2.75) is 13.5 Å². The maximum absolute atomic E-state index is 5.27. The van der Waals surface area contributed by atoms with Crippen LogP contribution >= 0.6 is 15.9 Å². The first-order valence-corrected chi connectivity index (χ1v) is 6.12. The van der Waals surface area contributed by atoms with E-state index in [4.69, 9.17) is 5.84 Å². The lowest BCUT2D eigenvalue weighted by atomic mass is 10.1. The molecule has 0 radical (unpaired) electrons. The summed E-state index contributed by atoms with van der Waals surface area (Å²) < 4.78 is 0.785. The van der Waals surface area contributed by atoms with Crippen LogP contribution in [-0.2, 0) is 6.54 Å². The predicted molar refractivity (Wildman–Crippen MR) is 73.8 cm³/mol. The Kier molecular flexibility index (Phi) is 4.06. The zero-order chi connectivity index (χ0) is 13.0. The SMILES string of the molecule is Cc1cnccc1CNc1nc(NN)ncc1Br. The third kappa shape index (κ3) is 2.93. The average molecular weight is 309 g/mol. The normalized spacial score (nSPS) is 10.2. The smallest absolute Gasteiger partial charge is 0.239 e. The molecule has 2 heterocycles. The van der Waals surface area contributed by atoms with Crippen molar-refractivity contribution >= 4 is 27.7 Å². The third-order valence-electron chi connectivity index (χ3n) is 2.46. The molecule has 0 aliphatic heterocycles. The molecule has 0 saturated carbocycles. The largest absolute Gasteiger partial charge is 0.365 e. The molecule has 0 unspecified atom stereocenters.